The maximum Gasteiger partial charge on any atom is 0.252 e. The van der Waals surface area contributed by atoms with Gasteiger partial charge in [0.25, 0.3) is 5.91 Å². The van der Waals surface area contributed by atoms with Crippen molar-refractivity contribution in [1.82, 2.24) is 10.2 Å². The predicted octanol–water partition coefficient (Wildman–Crippen LogP) is 9.40. The minimum atomic E-state index is -1.07. The summed E-state index contributed by atoms with van der Waals surface area (Å²) in [5, 5.41) is 4.78. The lowest BCUT2D eigenvalue weighted by molar-refractivity contribution is 0.0456. The van der Waals surface area contributed by atoms with E-state index in [2.05, 4.69) is 5.32 Å². The second-order valence-corrected chi connectivity index (χ2v) is 11.2. The number of alkyl halides is 1. The number of carbonyl (C=O) groups excluding carboxylic acids is 1. The third-order valence-electron chi connectivity index (χ3n) is 7.07. The van der Waals surface area contributed by atoms with Crippen molar-refractivity contribution in [2.45, 2.75) is 37.9 Å². The number of amides is 1. The number of carbonyl (C=O) groups is 1. The van der Waals surface area contributed by atoms with Crippen LogP contribution >= 0.6 is 58.8 Å². The van der Waals surface area contributed by atoms with Crippen LogP contribution in [0.1, 0.15) is 59.4 Å². The van der Waals surface area contributed by atoms with Gasteiger partial charge in [-0.3, -0.25) is 9.69 Å². The van der Waals surface area contributed by atoms with Crippen LogP contribution in [0.25, 0.3) is 0 Å². The first kappa shape index (κ1) is 31.0. The number of hydrogen-bond donors (Lipinski definition) is 1. The molecule has 1 aliphatic rings. The SMILES string of the molecule is Cl.O=C(NCC(CCC1CCN(C(F)c2ccccc2)CC1)c1ccc(Cl)c(Cl)c1)c1ccc(Cl)cc1Cl. The number of hydrogen-bond acceptors (Lipinski definition) is 2. The summed E-state index contributed by atoms with van der Waals surface area (Å²) in [6, 6.07) is 19.7. The zero-order valence-electron chi connectivity index (χ0n) is 20.7. The van der Waals surface area contributed by atoms with Crippen molar-refractivity contribution in [2.75, 3.05) is 19.6 Å². The van der Waals surface area contributed by atoms with E-state index >= 15 is 0 Å². The highest BCUT2D eigenvalue weighted by molar-refractivity contribution is 6.42. The molecule has 3 nitrogen and oxygen atoms in total. The molecule has 2 unspecified atom stereocenters. The number of halogens is 6. The first-order valence-electron chi connectivity index (χ1n) is 12.4. The van der Waals surface area contributed by atoms with Crippen LogP contribution in [0.5, 0.6) is 0 Å². The Bertz CT molecular complexity index is 1200. The zero-order chi connectivity index (χ0) is 26.4. The summed E-state index contributed by atoms with van der Waals surface area (Å²) < 4.78 is 15.0. The van der Waals surface area contributed by atoms with E-state index in [9.17, 15) is 9.18 Å². The largest absolute Gasteiger partial charge is 0.351 e. The van der Waals surface area contributed by atoms with Crippen molar-refractivity contribution >= 4 is 64.7 Å². The lowest BCUT2D eigenvalue weighted by Crippen LogP contribution is -2.35. The highest BCUT2D eigenvalue weighted by atomic mass is 35.5. The predicted molar refractivity (Wildman–Crippen MR) is 159 cm³/mol. The molecule has 4 rings (SSSR count). The fourth-order valence-electron chi connectivity index (χ4n) is 4.87. The minimum Gasteiger partial charge on any atom is -0.351 e. The van der Waals surface area contributed by atoms with Crippen LogP contribution in [0.2, 0.25) is 20.1 Å². The van der Waals surface area contributed by atoms with Gasteiger partial charge in [-0.2, -0.15) is 0 Å². The van der Waals surface area contributed by atoms with Crippen LogP contribution in [-0.4, -0.2) is 30.4 Å². The van der Waals surface area contributed by atoms with E-state index in [1.54, 1.807) is 24.3 Å². The Kier molecular flexibility index (Phi) is 12.0. The summed E-state index contributed by atoms with van der Waals surface area (Å²) in [5.41, 5.74) is 2.10. The molecule has 0 bridgehead atoms. The third-order valence-corrected chi connectivity index (χ3v) is 8.35. The smallest absolute Gasteiger partial charge is 0.252 e. The van der Waals surface area contributed by atoms with Crippen molar-refractivity contribution in [1.29, 1.82) is 0 Å². The second kappa shape index (κ2) is 14.7. The Labute approximate surface area is 250 Å². The molecule has 0 aliphatic carbocycles. The Morgan fingerprint density at radius 2 is 1.61 bits per heavy atom. The number of rotatable bonds is 9. The van der Waals surface area contributed by atoms with Crippen LogP contribution < -0.4 is 5.32 Å². The highest BCUT2D eigenvalue weighted by Crippen LogP contribution is 2.34. The van der Waals surface area contributed by atoms with Crippen LogP contribution in [0.4, 0.5) is 4.39 Å². The molecular weight excluding hydrogens is 589 g/mol. The van der Waals surface area contributed by atoms with E-state index in [0.29, 0.717) is 43.7 Å². The van der Waals surface area contributed by atoms with Crippen LogP contribution in [0.3, 0.4) is 0 Å². The van der Waals surface area contributed by atoms with Gasteiger partial charge in [0.15, 0.2) is 6.30 Å². The van der Waals surface area contributed by atoms with E-state index in [0.717, 1.165) is 44.3 Å². The Morgan fingerprint density at radius 3 is 2.26 bits per heavy atom. The molecule has 1 heterocycles. The first-order valence-corrected chi connectivity index (χ1v) is 13.9. The molecule has 2 atom stereocenters. The van der Waals surface area contributed by atoms with Crippen molar-refractivity contribution in [3.63, 3.8) is 0 Å². The molecule has 38 heavy (non-hydrogen) atoms. The molecule has 1 amide bonds. The van der Waals surface area contributed by atoms with Gasteiger partial charge in [0.05, 0.1) is 20.6 Å². The number of benzene rings is 3. The molecule has 204 valence electrons. The summed E-state index contributed by atoms with van der Waals surface area (Å²) >= 11 is 24.6. The Hall–Kier alpha value is -1.53. The van der Waals surface area contributed by atoms with Gasteiger partial charge in [-0.1, -0.05) is 82.8 Å². The molecule has 1 N–H and O–H groups in total. The van der Waals surface area contributed by atoms with Gasteiger partial charge in [0.2, 0.25) is 0 Å². The van der Waals surface area contributed by atoms with Gasteiger partial charge in [0, 0.05) is 36.1 Å². The number of likely N-dealkylation sites (tertiary alicyclic amines) is 1. The third kappa shape index (κ3) is 8.24. The molecule has 0 spiro atoms. The van der Waals surface area contributed by atoms with E-state index in [4.69, 9.17) is 46.4 Å². The van der Waals surface area contributed by atoms with Crippen LogP contribution in [0.15, 0.2) is 66.7 Å². The molecule has 3 aromatic carbocycles. The van der Waals surface area contributed by atoms with Gasteiger partial charge in [-0.25, -0.2) is 4.39 Å². The fraction of sp³-hybridized carbons (Fsp3) is 0.345. The summed E-state index contributed by atoms with van der Waals surface area (Å²) in [5.74, 6) is 0.280. The average molecular weight is 619 g/mol. The number of nitrogens with zero attached hydrogens (tertiary/aromatic N) is 1. The molecule has 0 saturated carbocycles. The normalized spacial score (nSPS) is 15.9. The van der Waals surface area contributed by atoms with Crippen molar-refractivity contribution in [3.8, 4) is 0 Å². The Balaban J connectivity index is 0.00000400. The standard InChI is InChI=1S/C29H29Cl4FN2O.ClH/c30-23-9-10-24(26(32)17-23)29(37)35-18-22(21-8-11-25(31)27(33)16-21)7-6-19-12-14-36(15-13-19)28(34)20-4-2-1-3-5-20;/h1-5,8-11,16-17,19,22,28H,6-7,12-15,18H2,(H,35,37);1H. The quantitative estimate of drug-likeness (QED) is 0.242. The van der Waals surface area contributed by atoms with Crippen molar-refractivity contribution in [2.24, 2.45) is 5.92 Å². The van der Waals surface area contributed by atoms with E-state index < -0.39 is 6.30 Å². The second-order valence-electron chi connectivity index (χ2n) is 9.51. The maximum absolute atomic E-state index is 15.0. The lowest BCUT2D eigenvalue weighted by atomic mass is 9.86. The van der Waals surface area contributed by atoms with Crippen LogP contribution in [0, 0.1) is 5.92 Å². The number of nitrogens with one attached hydrogen (secondary N) is 1. The molecule has 0 radical (unpaired) electrons. The highest BCUT2D eigenvalue weighted by Gasteiger charge is 2.27. The summed E-state index contributed by atoms with van der Waals surface area (Å²) in [4.78, 5) is 14.7. The van der Waals surface area contributed by atoms with Crippen molar-refractivity contribution in [3.05, 3.63) is 104 Å². The summed E-state index contributed by atoms with van der Waals surface area (Å²) in [7, 11) is 0. The topological polar surface area (TPSA) is 32.3 Å². The van der Waals surface area contributed by atoms with Gasteiger partial charge in [0.1, 0.15) is 0 Å². The summed E-state index contributed by atoms with van der Waals surface area (Å²) in [6.45, 7) is 1.88. The van der Waals surface area contributed by atoms with E-state index in [1.165, 1.54) is 0 Å². The minimum absolute atomic E-state index is 0. The molecule has 3 aromatic rings. The van der Waals surface area contributed by atoms with Gasteiger partial charge < -0.3 is 5.32 Å². The van der Waals surface area contributed by atoms with Gasteiger partial charge >= 0.3 is 0 Å². The maximum atomic E-state index is 15.0. The van der Waals surface area contributed by atoms with Crippen LogP contribution in [-0.2, 0) is 0 Å². The Morgan fingerprint density at radius 1 is 0.895 bits per heavy atom. The summed E-state index contributed by atoms with van der Waals surface area (Å²) in [6.07, 6.45) is 2.64. The first-order chi connectivity index (χ1) is 17.8. The average Bonchev–Trinajstić information content (AvgIpc) is 2.90. The van der Waals surface area contributed by atoms with Gasteiger partial charge in [-0.05, 0) is 67.5 Å². The zero-order valence-corrected chi connectivity index (χ0v) is 24.5. The monoisotopic (exact) mass is 616 g/mol. The van der Waals surface area contributed by atoms with Gasteiger partial charge in [-0.15, -0.1) is 12.4 Å². The molecule has 0 aromatic heterocycles. The van der Waals surface area contributed by atoms with E-state index in [-0.39, 0.29) is 24.2 Å². The molecule has 1 aliphatic heterocycles. The van der Waals surface area contributed by atoms with E-state index in [1.807, 2.05) is 47.4 Å². The molecular formula is C29H30Cl5FN2O. The molecule has 1 saturated heterocycles. The van der Waals surface area contributed by atoms with Crippen molar-refractivity contribution < 1.29 is 9.18 Å². The fourth-order valence-corrected chi connectivity index (χ4v) is 5.67. The molecule has 1 fully saturated rings. The lowest BCUT2D eigenvalue weighted by Gasteiger charge is -2.34. The number of piperidine rings is 1. The molecule has 9 heteroatoms.